The molecule has 1 aromatic carbocycles. The smallest absolute Gasteiger partial charge is 0.419 e. The highest BCUT2D eigenvalue weighted by Crippen LogP contribution is 2.33. The van der Waals surface area contributed by atoms with E-state index in [0.29, 0.717) is 12.1 Å². The summed E-state index contributed by atoms with van der Waals surface area (Å²) in [5.41, 5.74) is -1.74. The zero-order valence-electron chi connectivity index (χ0n) is 11.0. The van der Waals surface area contributed by atoms with Gasteiger partial charge in [0, 0.05) is 0 Å². The maximum absolute atomic E-state index is 13.3. The second-order valence-electron chi connectivity index (χ2n) is 4.26. The van der Waals surface area contributed by atoms with E-state index in [4.69, 9.17) is 0 Å². The fraction of sp³-hybridized carbons (Fsp3) is 0.462. The molecular weight excluding hydrogens is 296 g/mol. The number of carbonyl (C=O) groups excluding carboxylic acids is 1. The number of hydrogen-bond acceptors (Lipinski definition) is 4. The SMILES string of the molecule is CCOC(=O)CC(O)C(O)c1ccc(C(F)(F)F)c(F)c1. The Bertz CT molecular complexity index is 501. The molecule has 1 aromatic rings. The summed E-state index contributed by atoms with van der Waals surface area (Å²) in [6.07, 6.45) is -8.72. The van der Waals surface area contributed by atoms with Crippen molar-refractivity contribution in [2.75, 3.05) is 6.61 Å². The highest BCUT2D eigenvalue weighted by molar-refractivity contribution is 5.70. The number of esters is 1. The van der Waals surface area contributed by atoms with Gasteiger partial charge < -0.3 is 14.9 Å². The van der Waals surface area contributed by atoms with Crippen molar-refractivity contribution >= 4 is 5.97 Å². The number of ether oxygens (including phenoxy) is 1. The lowest BCUT2D eigenvalue weighted by atomic mass is 10.0. The van der Waals surface area contributed by atoms with Crippen molar-refractivity contribution in [3.8, 4) is 0 Å². The normalized spacial score (nSPS) is 14.6. The van der Waals surface area contributed by atoms with Crippen LogP contribution in [-0.2, 0) is 15.7 Å². The summed E-state index contributed by atoms with van der Waals surface area (Å²) in [6.45, 7) is 1.63. The first-order valence-electron chi connectivity index (χ1n) is 6.05. The van der Waals surface area contributed by atoms with Crippen LogP contribution < -0.4 is 0 Å². The second-order valence-corrected chi connectivity index (χ2v) is 4.26. The number of hydrogen-bond donors (Lipinski definition) is 2. The summed E-state index contributed by atoms with van der Waals surface area (Å²) in [5, 5.41) is 19.3. The first-order chi connectivity index (χ1) is 9.66. The van der Waals surface area contributed by atoms with Crippen LogP contribution in [-0.4, -0.2) is 28.9 Å². The van der Waals surface area contributed by atoms with Crippen LogP contribution in [0, 0.1) is 5.82 Å². The van der Waals surface area contributed by atoms with Crippen LogP contribution in [0.1, 0.15) is 30.6 Å². The summed E-state index contributed by atoms with van der Waals surface area (Å²) >= 11 is 0. The van der Waals surface area contributed by atoms with E-state index >= 15 is 0 Å². The summed E-state index contributed by atoms with van der Waals surface area (Å²) in [5.74, 6) is -2.35. The summed E-state index contributed by atoms with van der Waals surface area (Å²) in [6, 6.07) is 1.78. The Morgan fingerprint density at radius 2 is 1.95 bits per heavy atom. The van der Waals surface area contributed by atoms with Gasteiger partial charge in [0.25, 0.3) is 0 Å². The van der Waals surface area contributed by atoms with Gasteiger partial charge in [-0.1, -0.05) is 6.07 Å². The predicted molar refractivity (Wildman–Crippen MR) is 63.6 cm³/mol. The van der Waals surface area contributed by atoms with E-state index in [-0.39, 0.29) is 12.2 Å². The van der Waals surface area contributed by atoms with E-state index < -0.39 is 42.2 Å². The average Bonchev–Trinajstić information content (AvgIpc) is 2.36. The zero-order chi connectivity index (χ0) is 16.2. The van der Waals surface area contributed by atoms with Gasteiger partial charge in [-0.25, -0.2) is 4.39 Å². The van der Waals surface area contributed by atoms with Crippen molar-refractivity contribution in [2.45, 2.75) is 31.7 Å². The summed E-state index contributed by atoms with van der Waals surface area (Å²) in [7, 11) is 0. The number of alkyl halides is 3. The van der Waals surface area contributed by atoms with Crippen LogP contribution >= 0.6 is 0 Å². The van der Waals surface area contributed by atoms with Crippen molar-refractivity contribution in [1.29, 1.82) is 0 Å². The van der Waals surface area contributed by atoms with E-state index in [0.717, 1.165) is 6.07 Å². The van der Waals surface area contributed by atoms with E-state index in [1.54, 1.807) is 6.92 Å². The Kier molecular flexibility index (Phi) is 5.68. The van der Waals surface area contributed by atoms with Gasteiger partial charge in [-0.05, 0) is 24.6 Å². The quantitative estimate of drug-likeness (QED) is 0.646. The molecule has 4 nitrogen and oxygen atoms in total. The standard InChI is InChI=1S/C13H14F4O4/c1-2-21-11(19)6-10(18)12(20)7-3-4-8(9(14)5-7)13(15,16)17/h3-5,10,12,18,20H,2,6H2,1H3. The predicted octanol–water partition coefficient (Wildman–Crippen LogP) is 2.19. The maximum Gasteiger partial charge on any atom is 0.419 e. The molecular formula is C13H14F4O4. The van der Waals surface area contributed by atoms with Gasteiger partial charge >= 0.3 is 12.1 Å². The minimum Gasteiger partial charge on any atom is -0.466 e. The monoisotopic (exact) mass is 310 g/mol. The zero-order valence-corrected chi connectivity index (χ0v) is 11.0. The highest BCUT2D eigenvalue weighted by Gasteiger charge is 2.34. The molecule has 8 heteroatoms. The molecule has 0 fully saturated rings. The van der Waals surface area contributed by atoms with Crippen molar-refractivity contribution in [3.63, 3.8) is 0 Å². The molecule has 2 N–H and O–H groups in total. The van der Waals surface area contributed by atoms with E-state index in [9.17, 15) is 32.6 Å². The minimum atomic E-state index is -4.85. The van der Waals surface area contributed by atoms with Gasteiger partial charge in [-0.3, -0.25) is 4.79 Å². The Hall–Kier alpha value is -1.67. The third-order valence-electron chi connectivity index (χ3n) is 2.69. The molecule has 2 atom stereocenters. The number of halogens is 4. The molecule has 2 unspecified atom stereocenters. The second kappa shape index (κ2) is 6.86. The molecule has 0 saturated carbocycles. The molecule has 0 radical (unpaired) electrons. The van der Waals surface area contributed by atoms with Crippen LogP contribution in [0.25, 0.3) is 0 Å². The van der Waals surface area contributed by atoms with Crippen LogP contribution in [0.15, 0.2) is 18.2 Å². The largest absolute Gasteiger partial charge is 0.466 e. The first kappa shape index (κ1) is 17.4. The molecule has 21 heavy (non-hydrogen) atoms. The summed E-state index contributed by atoms with van der Waals surface area (Å²) < 4.78 is 55.1. The van der Waals surface area contributed by atoms with Crippen molar-refractivity contribution in [1.82, 2.24) is 0 Å². The van der Waals surface area contributed by atoms with E-state index in [2.05, 4.69) is 4.74 Å². The van der Waals surface area contributed by atoms with Gasteiger partial charge in [0.1, 0.15) is 11.9 Å². The highest BCUT2D eigenvalue weighted by atomic mass is 19.4. The number of carbonyl (C=O) groups is 1. The van der Waals surface area contributed by atoms with Crippen LogP contribution in [0.5, 0.6) is 0 Å². The molecule has 0 heterocycles. The number of aliphatic hydroxyl groups excluding tert-OH is 2. The lowest BCUT2D eigenvalue weighted by Gasteiger charge is -2.18. The van der Waals surface area contributed by atoms with Crippen molar-refractivity contribution in [2.24, 2.45) is 0 Å². The fourth-order valence-corrected chi connectivity index (χ4v) is 1.67. The van der Waals surface area contributed by atoms with Crippen molar-refractivity contribution < 1.29 is 37.3 Å². The molecule has 1 rings (SSSR count). The van der Waals surface area contributed by atoms with Gasteiger partial charge in [0.05, 0.1) is 24.7 Å². The van der Waals surface area contributed by atoms with Crippen molar-refractivity contribution in [3.05, 3.63) is 35.1 Å². The number of rotatable bonds is 5. The third-order valence-corrected chi connectivity index (χ3v) is 2.69. The van der Waals surface area contributed by atoms with Gasteiger partial charge in [-0.2, -0.15) is 13.2 Å². The molecule has 0 bridgehead atoms. The molecule has 0 aliphatic carbocycles. The Morgan fingerprint density at radius 1 is 1.33 bits per heavy atom. The average molecular weight is 310 g/mol. The molecule has 0 aliphatic rings. The molecule has 0 amide bonds. The number of benzene rings is 1. The molecule has 0 spiro atoms. The Morgan fingerprint density at radius 3 is 2.43 bits per heavy atom. The molecule has 0 aromatic heterocycles. The van der Waals surface area contributed by atoms with Gasteiger partial charge in [0.15, 0.2) is 0 Å². The molecule has 0 aliphatic heterocycles. The topological polar surface area (TPSA) is 66.8 Å². The number of aliphatic hydroxyl groups is 2. The molecule has 118 valence electrons. The van der Waals surface area contributed by atoms with Gasteiger partial charge in [-0.15, -0.1) is 0 Å². The fourth-order valence-electron chi connectivity index (χ4n) is 1.67. The maximum atomic E-state index is 13.3. The molecule has 0 saturated heterocycles. The third kappa shape index (κ3) is 4.68. The summed E-state index contributed by atoms with van der Waals surface area (Å²) in [4.78, 5) is 11.1. The van der Waals surface area contributed by atoms with Gasteiger partial charge in [0.2, 0.25) is 0 Å². The van der Waals surface area contributed by atoms with E-state index in [1.807, 2.05) is 0 Å². The van der Waals surface area contributed by atoms with Crippen LogP contribution in [0.3, 0.4) is 0 Å². The first-order valence-corrected chi connectivity index (χ1v) is 6.05. The van der Waals surface area contributed by atoms with E-state index in [1.165, 1.54) is 0 Å². The van der Waals surface area contributed by atoms with Crippen LogP contribution in [0.4, 0.5) is 17.6 Å². The Labute approximate surface area is 118 Å². The lowest BCUT2D eigenvalue weighted by Crippen LogP contribution is -2.23. The lowest BCUT2D eigenvalue weighted by molar-refractivity contribution is -0.147. The van der Waals surface area contributed by atoms with Crippen LogP contribution in [0.2, 0.25) is 0 Å². The minimum absolute atomic E-state index is 0.0799. The Balaban J connectivity index is 2.86.